The highest BCUT2D eigenvalue weighted by molar-refractivity contribution is 5.33. The van der Waals surface area contributed by atoms with Crippen molar-refractivity contribution < 1.29 is 0 Å². The van der Waals surface area contributed by atoms with Crippen LogP contribution in [0.4, 0.5) is 5.69 Å². The molecule has 0 unspecified atom stereocenters. The number of nitrogen functional groups attached to an aromatic ring is 1. The van der Waals surface area contributed by atoms with Crippen LogP contribution in [0.15, 0.2) is 53.5 Å². The quantitative estimate of drug-likeness (QED) is 0.819. The number of aryl methyl sites for hydroxylation is 2. The van der Waals surface area contributed by atoms with E-state index in [-0.39, 0.29) is 5.56 Å². The Hall–Kier alpha value is -2.03. The topological polar surface area (TPSA) is 48.0 Å². The van der Waals surface area contributed by atoms with Gasteiger partial charge in [-0.15, -0.1) is 0 Å². The lowest BCUT2D eigenvalue weighted by Crippen LogP contribution is -2.21. The average Bonchev–Trinajstić information content (AvgIpc) is 2.40. The third-order valence-corrected chi connectivity index (χ3v) is 3.01. The summed E-state index contributed by atoms with van der Waals surface area (Å²) in [6.45, 7) is 0.733. The lowest BCUT2D eigenvalue weighted by molar-refractivity contribution is 0.595. The van der Waals surface area contributed by atoms with E-state index in [2.05, 4.69) is 24.3 Å². The molecule has 0 saturated heterocycles. The number of rotatable bonds is 5. The summed E-state index contributed by atoms with van der Waals surface area (Å²) in [7, 11) is 0. The normalized spacial score (nSPS) is 10.4. The summed E-state index contributed by atoms with van der Waals surface area (Å²) in [5.41, 5.74) is 7.16. The van der Waals surface area contributed by atoms with Gasteiger partial charge in [0, 0.05) is 12.7 Å². The molecule has 2 aromatic rings. The molecule has 1 heterocycles. The first kappa shape index (κ1) is 12.4. The average molecular weight is 242 g/mol. The fourth-order valence-electron chi connectivity index (χ4n) is 1.99. The van der Waals surface area contributed by atoms with Crippen molar-refractivity contribution in [1.29, 1.82) is 0 Å². The van der Waals surface area contributed by atoms with E-state index >= 15 is 0 Å². The van der Waals surface area contributed by atoms with Crippen LogP contribution >= 0.6 is 0 Å². The number of unbranched alkanes of at least 4 members (excludes halogenated alkanes) is 1. The number of nitrogens with two attached hydrogens (primary N) is 1. The first-order chi connectivity index (χ1) is 8.77. The maximum absolute atomic E-state index is 11.7. The Morgan fingerprint density at radius 3 is 2.56 bits per heavy atom. The lowest BCUT2D eigenvalue weighted by Gasteiger charge is -2.06. The van der Waals surface area contributed by atoms with Gasteiger partial charge in [0.1, 0.15) is 0 Å². The fraction of sp³-hybridized carbons (Fsp3) is 0.267. The number of benzene rings is 1. The van der Waals surface area contributed by atoms with Gasteiger partial charge in [-0.2, -0.15) is 0 Å². The van der Waals surface area contributed by atoms with Crippen LogP contribution in [0.1, 0.15) is 18.4 Å². The van der Waals surface area contributed by atoms with Crippen LogP contribution < -0.4 is 11.3 Å². The van der Waals surface area contributed by atoms with E-state index in [1.807, 2.05) is 12.1 Å². The van der Waals surface area contributed by atoms with Gasteiger partial charge in [-0.25, -0.2) is 0 Å². The molecule has 0 radical (unpaired) electrons. The highest BCUT2D eigenvalue weighted by atomic mass is 16.1. The molecule has 18 heavy (non-hydrogen) atoms. The van der Waals surface area contributed by atoms with Crippen LogP contribution in [-0.4, -0.2) is 4.57 Å². The molecule has 2 N–H and O–H groups in total. The largest absolute Gasteiger partial charge is 0.394 e. The number of nitrogens with zero attached hydrogens (tertiary/aromatic N) is 1. The predicted octanol–water partition coefficient (Wildman–Crippen LogP) is 2.45. The van der Waals surface area contributed by atoms with Crippen molar-refractivity contribution in [2.24, 2.45) is 0 Å². The second-order valence-corrected chi connectivity index (χ2v) is 4.40. The highest BCUT2D eigenvalue weighted by Gasteiger charge is 1.99. The van der Waals surface area contributed by atoms with Gasteiger partial charge in [0.25, 0.3) is 5.56 Å². The van der Waals surface area contributed by atoms with E-state index in [9.17, 15) is 4.79 Å². The van der Waals surface area contributed by atoms with E-state index in [0.29, 0.717) is 5.69 Å². The zero-order valence-corrected chi connectivity index (χ0v) is 10.4. The maximum atomic E-state index is 11.7. The molecule has 3 nitrogen and oxygen atoms in total. The molecule has 0 aliphatic rings. The molecule has 0 fully saturated rings. The van der Waals surface area contributed by atoms with Gasteiger partial charge < -0.3 is 10.3 Å². The van der Waals surface area contributed by atoms with Crippen molar-refractivity contribution in [2.75, 3.05) is 5.73 Å². The molecule has 2 rings (SSSR count). The molecule has 0 spiro atoms. The Kier molecular flexibility index (Phi) is 4.18. The maximum Gasteiger partial charge on any atom is 0.273 e. The van der Waals surface area contributed by atoms with Crippen LogP contribution in [0.3, 0.4) is 0 Å². The third kappa shape index (κ3) is 3.23. The number of hydrogen-bond donors (Lipinski definition) is 1. The third-order valence-electron chi connectivity index (χ3n) is 3.01. The van der Waals surface area contributed by atoms with Crippen LogP contribution in [0.25, 0.3) is 0 Å². The second-order valence-electron chi connectivity index (χ2n) is 4.40. The summed E-state index contributed by atoms with van der Waals surface area (Å²) in [5, 5.41) is 0. The van der Waals surface area contributed by atoms with Crippen molar-refractivity contribution in [1.82, 2.24) is 4.57 Å². The molecular formula is C15H18N2O. The van der Waals surface area contributed by atoms with Crippen LogP contribution in [0.2, 0.25) is 0 Å². The summed E-state index contributed by atoms with van der Waals surface area (Å²) < 4.78 is 1.68. The second kappa shape index (κ2) is 6.05. The smallest absolute Gasteiger partial charge is 0.273 e. The summed E-state index contributed by atoms with van der Waals surface area (Å²) in [6, 6.07) is 13.8. The first-order valence-corrected chi connectivity index (χ1v) is 6.26. The summed E-state index contributed by atoms with van der Waals surface area (Å²) in [4.78, 5) is 11.7. The molecule has 0 atom stereocenters. The molecule has 0 aliphatic heterocycles. The van der Waals surface area contributed by atoms with Crippen molar-refractivity contribution >= 4 is 5.69 Å². The molecule has 1 aromatic heterocycles. The van der Waals surface area contributed by atoms with E-state index in [1.165, 1.54) is 5.56 Å². The van der Waals surface area contributed by atoms with E-state index in [1.54, 1.807) is 16.8 Å². The van der Waals surface area contributed by atoms with Crippen molar-refractivity contribution in [3.05, 3.63) is 64.6 Å². The van der Waals surface area contributed by atoms with Gasteiger partial charge >= 0.3 is 0 Å². The monoisotopic (exact) mass is 242 g/mol. The number of pyridine rings is 1. The number of hydrogen-bond acceptors (Lipinski definition) is 2. The van der Waals surface area contributed by atoms with Gasteiger partial charge in [0.2, 0.25) is 0 Å². The van der Waals surface area contributed by atoms with Gasteiger partial charge in [-0.3, -0.25) is 4.79 Å². The van der Waals surface area contributed by atoms with Crippen molar-refractivity contribution in [3.63, 3.8) is 0 Å². The van der Waals surface area contributed by atoms with Crippen LogP contribution in [-0.2, 0) is 13.0 Å². The molecule has 1 aromatic carbocycles. The zero-order valence-electron chi connectivity index (χ0n) is 10.4. The Balaban J connectivity index is 1.82. The van der Waals surface area contributed by atoms with E-state index in [0.717, 1.165) is 25.8 Å². The van der Waals surface area contributed by atoms with Crippen molar-refractivity contribution in [2.45, 2.75) is 25.8 Å². The molecule has 0 aliphatic carbocycles. The van der Waals surface area contributed by atoms with E-state index < -0.39 is 0 Å². The fourth-order valence-corrected chi connectivity index (χ4v) is 1.99. The molecule has 94 valence electrons. The summed E-state index contributed by atoms with van der Waals surface area (Å²) >= 11 is 0. The van der Waals surface area contributed by atoms with Crippen LogP contribution in [0.5, 0.6) is 0 Å². The molecular weight excluding hydrogens is 224 g/mol. The van der Waals surface area contributed by atoms with Gasteiger partial charge in [0.05, 0.1) is 5.69 Å². The minimum Gasteiger partial charge on any atom is -0.394 e. The van der Waals surface area contributed by atoms with Crippen LogP contribution in [0, 0.1) is 0 Å². The minimum atomic E-state index is -0.0859. The molecule has 3 heteroatoms. The standard InChI is InChI=1S/C15H18N2O/c16-14-10-6-12-17(15(14)18)11-5-4-9-13-7-2-1-3-8-13/h1-3,6-8,10,12H,4-5,9,11,16H2. The van der Waals surface area contributed by atoms with Gasteiger partial charge in [-0.05, 0) is 37.0 Å². The highest BCUT2D eigenvalue weighted by Crippen LogP contribution is 2.05. The van der Waals surface area contributed by atoms with Gasteiger partial charge in [-0.1, -0.05) is 30.3 Å². The van der Waals surface area contributed by atoms with Gasteiger partial charge in [0.15, 0.2) is 0 Å². The Morgan fingerprint density at radius 1 is 1.00 bits per heavy atom. The summed E-state index contributed by atoms with van der Waals surface area (Å²) in [6.07, 6.45) is 4.91. The Bertz CT molecular complexity index is 546. The predicted molar refractivity (Wildman–Crippen MR) is 74.5 cm³/mol. The zero-order chi connectivity index (χ0) is 12.8. The molecule has 0 bridgehead atoms. The molecule has 0 amide bonds. The minimum absolute atomic E-state index is 0.0859. The SMILES string of the molecule is Nc1cccn(CCCCc2ccccc2)c1=O. The Labute approximate surface area is 107 Å². The first-order valence-electron chi connectivity index (χ1n) is 6.26. The van der Waals surface area contributed by atoms with E-state index in [4.69, 9.17) is 5.73 Å². The van der Waals surface area contributed by atoms with Crippen molar-refractivity contribution in [3.8, 4) is 0 Å². The summed E-state index contributed by atoms with van der Waals surface area (Å²) in [5.74, 6) is 0. The number of aromatic nitrogens is 1. The Morgan fingerprint density at radius 2 is 1.78 bits per heavy atom. The lowest BCUT2D eigenvalue weighted by atomic mass is 10.1. The molecule has 0 saturated carbocycles. The number of anilines is 1.